The van der Waals surface area contributed by atoms with E-state index < -0.39 is 0 Å². The Balaban J connectivity index is 2.45. The zero-order valence-electron chi connectivity index (χ0n) is 7.51. The van der Waals surface area contributed by atoms with Gasteiger partial charge in [0.1, 0.15) is 0 Å². The number of rotatable bonds is 1. The highest BCUT2D eigenvalue weighted by Crippen LogP contribution is 2.09. The van der Waals surface area contributed by atoms with E-state index in [1.54, 1.807) is 0 Å². The Hall–Kier alpha value is 0.350. The van der Waals surface area contributed by atoms with Gasteiger partial charge in [0.2, 0.25) is 0 Å². The molecule has 0 aromatic carbocycles. The number of hydrogen-bond acceptors (Lipinski definition) is 2. The van der Waals surface area contributed by atoms with Gasteiger partial charge >= 0.3 is 0 Å². The van der Waals surface area contributed by atoms with Gasteiger partial charge in [-0.25, -0.2) is 0 Å². The fourth-order valence-electron chi connectivity index (χ4n) is 1.57. The second-order valence-electron chi connectivity index (χ2n) is 3.45. The van der Waals surface area contributed by atoms with Gasteiger partial charge in [0.15, 0.2) is 0 Å². The third kappa shape index (κ3) is 2.70. The van der Waals surface area contributed by atoms with Crippen LogP contribution in [0.25, 0.3) is 0 Å². The third-order valence-electron chi connectivity index (χ3n) is 2.42. The highest BCUT2D eigenvalue weighted by molar-refractivity contribution is 7.16. The van der Waals surface area contributed by atoms with Gasteiger partial charge < -0.3 is 5.32 Å². The molecule has 2 nitrogen and oxygen atoms in total. The van der Waals surface area contributed by atoms with Gasteiger partial charge in [-0.1, -0.05) is 0 Å². The van der Waals surface area contributed by atoms with E-state index >= 15 is 0 Å². The van der Waals surface area contributed by atoms with Crippen LogP contribution >= 0.6 is 9.24 Å². The lowest BCUT2D eigenvalue weighted by Crippen LogP contribution is -2.37. The first-order chi connectivity index (χ1) is 5.24. The molecule has 1 heterocycles. The molecule has 0 amide bonds. The molecule has 2 unspecified atom stereocenters. The minimum atomic E-state index is 0.653. The van der Waals surface area contributed by atoms with E-state index in [0.717, 1.165) is 12.3 Å². The molecule has 1 aliphatic heterocycles. The summed E-state index contributed by atoms with van der Waals surface area (Å²) in [6.45, 7) is 6.92. The Morgan fingerprint density at radius 1 is 1.55 bits per heavy atom. The van der Waals surface area contributed by atoms with Crippen molar-refractivity contribution in [3.8, 4) is 0 Å². The van der Waals surface area contributed by atoms with E-state index in [-0.39, 0.29) is 0 Å². The minimum Gasteiger partial charge on any atom is -0.313 e. The minimum absolute atomic E-state index is 0.653. The van der Waals surface area contributed by atoms with Gasteiger partial charge in [0, 0.05) is 24.9 Å². The van der Waals surface area contributed by atoms with Gasteiger partial charge in [-0.2, -0.15) is 0 Å². The predicted octanol–water partition coefficient (Wildman–Crippen LogP) is 0.891. The van der Waals surface area contributed by atoms with E-state index in [1.165, 1.54) is 19.5 Å². The van der Waals surface area contributed by atoms with Crippen molar-refractivity contribution in [3.63, 3.8) is 0 Å². The maximum atomic E-state index is 3.49. The smallest absolute Gasteiger partial charge is 0.0166 e. The lowest BCUT2D eigenvalue weighted by molar-refractivity contribution is 0.245. The number of nitrogens with one attached hydrogen (secondary N) is 1. The van der Waals surface area contributed by atoms with Gasteiger partial charge in [0.25, 0.3) is 0 Å². The van der Waals surface area contributed by atoms with Crippen molar-refractivity contribution in [2.45, 2.75) is 32.4 Å². The van der Waals surface area contributed by atoms with E-state index in [0.29, 0.717) is 6.04 Å². The van der Waals surface area contributed by atoms with Crippen LogP contribution in [0.2, 0.25) is 0 Å². The van der Waals surface area contributed by atoms with Crippen molar-refractivity contribution in [1.29, 1.82) is 0 Å². The van der Waals surface area contributed by atoms with Crippen LogP contribution in [0.1, 0.15) is 20.3 Å². The van der Waals surface area contributed by atoms with E-state index in [1.807, 2.05) is 0 Å². The number of hydrogen-bond donors (Lipinski definition) is 1. The van der Waals surface area contributed by atoms with Crippen molar-refractivity contribution >= 4 is 9.24 Å². The van der Waals surface area contributed by atoms with Crippen LogP contribution in [-0.2, 0) is 0 Å². The summed E-state index contributed by atoms with van der Waals surface area (Å²) in [5.74, 6) is 0. The van der Waals surface area contributed by atoms with Gasteiger partial charge in [0.05, 0.1) is 0 Å². The summed E-state index contributed by atoms with van der Waals surface area (Å²) in [5.41, 5.74) is 0. The molecule has 0 bridgehead atoms. The molecule has 0 aromatic heterocycles. The summed E-state index contributed by atoms with van der Waals surface area (Å²) in [7, 11) is 2.81. The average Bonchev–Trinajstić information content (AvgIpc) is 2.13. The standard InChI is InChI=1S/C8H19N2P/c1-7-5-10(6-11)8(2)3-4-9-7/h7-9H,3-6,11H2,1-2H3/t7?,8-/m1/s1. The SMILES string of the molecule is CC1CN(CP)[C@H](C)CCN1. The second kappa shape index (κ2) is 4.39. The summed E-state index contributed by atoms with van der Waals surface area (Å²) in [6.07, 6.45) is 2.38. The first-order valence-corrected chi connectivity index (χ1v) is 5.23. The molecule has 66 valence electrons. The largest absolute Gasteiger partial charge is 0.313 e. The Kier molecular flexibility index (Phi) is 3.77. The van der Waals surface area contributed by atoms with Crippen molar-refractivity contribution in [3.05, 3.63) is 0 Å². The quantitative estimate of drug-likeness (QED) is 0.594. The molecule has 1 fully saturated rings. The van der Waals surface area contributed by atoms with E-state index in [4.69, 9.17) is 0 Å². The monoisotopic (exact) mass is 174 g/mol. The Labute approximate surface area is 71.9 Å². The molecule has 0 spiro atoms. The molecule has 1 saturated heterocycles. The van der Waals surface area contributed by atoms with Crippen LogP contribution in [0.15, 0.2) is 0 Å². The van der Waals surface area contributed by atoms with Crippen LogP contribution in [0.5, 0.6) is 0 Å². The second-order valence-corrected chi connectivity index (χ2v) is 3.81. The van der Waals surface area contributed by atoms with Gasteiger partial charge in [-0.3, -0.25) is 4.90 Å². The summed E-state index contributed by atoms with van der Waals surface area (Å²) in [4.78, 5) is 2.51. The zero-order chi connectivity index (χ0) is 8.27. The van der Waals surface area contributed by atoms with Crippen LogP contribution in [0.4, 0.5) is 0 Å². The first kappa shape index (κ1) is 9.44. The van der Waals surface area contributed by atoms with Crippen LogP contribution in [0.3, 0.4) is 0 Å². The van der Waals surface area contributed by atoms with Gasteiger partial charge in [-0.15, -0.1) is 9.24 Å². The molecule has 0 aromatic rings. The molecule has 1 rings (SSSR count). The van der Waals surface area contributed by atoms with Crippen LogP contribution < -0.4 is 5.32 Å². The fraction of sp³-hybridized carbons (Fsp3) is 1.00. The Bertz CT molecular complexity index is 119. The molecule has 0 saturated carbocycles. The molecule has 0 aliphatic carbocycles. The van der Waals surface area contributed by atoms with E-state index in [2.05, 4.69) is 33.3 Å². The van der Waals surface area contributed by atoms with Crippen molar-refractivity contribution < 1.29 is 0 Å². The number of nitrogens with zero attached hydrogens (tertiary/aromatic N) is 1. The first-order valence-electron chi connectivity index (χ1n) is 4.41. The Morgan fingerprint density at radius 3 is 2.91 bits per heavy atom. The summed E-state index contributed by atoms with van der Waals surface area (Å²) in [6, 6.07) is 1.39. The molecule has 3 atom stereocenters. The van der Waals surface area contributed by atoms with Gasteiger partial charge in [-0.05, 0) is 26.8 Å². The molecule has 0 radical (unpaired) electrons. The molecule has 1 N–H and O–H groups in total. The highest BCUT2D eigenvalue weighted by atomic mass is 31.0. The Morgan fingerprint density at radius 2 is 2.27 bits per heavy atom. The lowest BCUT2D eigenvalue weighted by atomic mass is 10.2. The summed E-state index contributed by atoms with van der Waals surface area (Å²) >= 11 is 0. The average molecular weight is 174 g/mol. The topological polar surface area (TPSA) is 15.3 Å². The van der Waals surface area contributed by atoms with E-state index in [9.17, 15) is 0 Å². The van der Waals surface area contributed by atoms with Crippen LogP contribution in [0, 0.1) is 0 Å². The third-order valence-corrected chi connectivity index (χ3v) is 2.89. The van der Waals surface area contributed by atoms with Crippen molar-refractivity contribution in [2.24, 2.45) is 0 Å². The highest BCUT2D eigenvalue weighted by Gasteiger charge is 2.18. The van der Waals surface area contributed by atoms with Crippen molar-refractivity contribution in [2.75, 3.05) is 19.4 Å². The summed E-state index contributed by atoms with van der Waals surface area (Å²) < 4.78 is 0. The van der Waals surface area contributed by atoms with Crippen LogP contribution in [-0.4, -0.2) is 36.4 Å². The molecule has 1 aliphatic rings. The molecule has 11 heavy (non-hydrogen) atoms. The zero-order valence-corrected chi connectivity index (χ0v) is 8.66. The predicted molar refractivity (Wildman–Crippen MR) is 52.8 cm³/mol. The molecular weight excluding hydrogens is 155 g/mol. The molecular formula is C8H19N2P. The normalized spacial score (nSPS) is 35.2. The maximum absolute atomic E-state index is 3.49. The summed E-state index contributed by atoms with van der Waals surface area (Å²) in [5, 5.41) is 3.49. The molecule has 3 heteroatoms. The lowest BCUT2D eigenvalue weighted by Gasteiger charge is -2.25. The fourth-order valence-corrected chi connectivity index (χ4v) is 2.08. The maximum Gasteiger partial charge on any atom is 0.0166 e. The van der Waals surface area contributed by atoms with Crippen molar-refractivity contribution in [1.82, 2.24) is 10.2 Å².